The second kappa shape index (κ2) is 8.97. The number of aliphatic hydroxyl groups excluding tert-OH is 1. The van der Waals surface area contributed by atoms with Gasteiger partial charge in [-0.25, -0.2) is 0 Å². The molecule has 0 bridgehead atoms. The maximum Gasteiger partial charge on any atom is 0.104 e. The molecule has 0 aliphatic heterocycles. The highest BCUT2D eigenvalue weighted by molar-refractivity contribution is 4.51. The highest BCUT2D eigenvalue weighted by Gasteiger charge is 1.96. The zero-order valence-corrected chi connectivity index (χ0v) is 8.05. The molecule has 1 unspecified atom stereocenters. The molecule has 74 valence electrons. The Morgan fingerprint density at radius 3 is 2.50 bits per heavy atom. The van der Waals surface area contributed by atoms with E-state index in [1.807, 2.05) is 6.92 Å². The van der Waals surface area contributed by atoms with Crippen LogP contribution >= 0.6 is 0 Å². The minimum atomic E-state index is -0.320. The molecule has 0 aliphatic rings. The van der Waals surface area contributed by atoms with Crippen molar-refractivity contribution in [1.82, 2.24) is 5.32 Å². The summed E-state index contributed by atoms with van der Waals surface area (Å²) in [5.41, 5.74) is 5.36. The number of nitrogens with one attached hydrogen (secondary N) is 1. The second-order valence-electron chi connectivity index (χ2n) is 3.08. The fraction of sp³-hybridized carbons (Fsp3) is 1.00. The van der Waals surface area contributed by atoms with Crippen molar-refractivity contribution in [2.75, 3.05) is 13.1 Å². The van der Waals surface area contributed by atoms with Crippen LogP contribution in [0.25, 0.3) is 0 Å². The highest BCUT2D eigenvalue weighted by atomic mass is 16.3. The van der Waals surface area contributed by atoms with E-state index in [0.717, 1.165) is 32.4 Å². The third-order valence-corrected chi connectivity index (χ3v) is 1.90. The molecule has 0 aliphatic carbocycles. The normalized spacial score (nSPS) is 13.2. The SMILES string of the molecule is CCC(O)NCCCCCCN. The Labute approximate surface area is 75.3 Å². The van der Waals surface area contributed by atoms with E-state index in [9.17, 15) is 0 Å². The van der Waals surface area contributed by atoms with E-state index in [1.54, 1.807) is 0 Å². The van der Waals surface area contributed by atoms with Crippen molar-refractivity contribution in [3.63, 3.8) is 0 Å². The van der Waals surface area contributed by atoms with E-state index in [0.29, 0.717) is 0 Å². The summed E-state index contributed by atoms with van der Waals surface area (Å²) in [6, 6.07) is 0. The number of aliphatic hydroxyl groups is 1. The van der Waals surface area contributed by atoms with Gasteiger partial charge in [-0.3, -0.25) is 5.32 Å². The third kappa shape index (κ3) is 7.98. The summed E-state index contributed by atoms with van der Waals surface area (Å²) in [4.78, 5) is 0. The van der Waals surface area contributed by atoms with Gasteiger partial charge in [0.15, 0.2) is 0 Å². The van der Waals surface area contributed by atoms with Crippen LogP contribution in [0.5, 0.6) is 0 Å². The molecular weight excluding hydrogens is 152 g/mol. The van der Waals surface area contributed by atoms with Crippen LogP contribution in [0, 0.1) is 0 Å². The first-order valence-corrected chi connectivity index (χ1v) is 4.92. The van der Waals surface area contributed by atoms with Crippen LogP contribution in [0.4, 0.5) is 0 Å². The number of hydrogen-bond acceptors (Lipinski definition) is 3. The fourth-order valence-corrected chi connectivity index (χ4v) is 1.04. The molecule has 0 saturated carbocycles. The maximum atomic E-state index is 9.13. The monoisotopic (exact) mass is 174 g/mol. The van der Waals surface area contributed by atoms with Crippen LogP contribution < -0.4 is 11.1 Å². The molecule has 0 heterocycles. The number of nitrogens with two attached hydrogens (primary N) is 1. The molecule has 0 radical (unpaired) electrons. The van der Waals surface area contributed by atoms with Crippen molar-refractivity contribution in [3.8, 4) is 0 Å². The number of unbranched alkanes of at least 4 members (excludes halogenated alkanes) is 3. The fourth-order valence-electron chi connectivity index (χ4n) is 1.04. The molecule has 0 saturated heterocycles. The first-order valence-electron chi connectivity index (χ1n) is 4.92. The zero-order chi connectivity index (χ0) is 9.23. The number of rotatable bonds is 8. The molecule has 4 N–H and O–H groups in total. The van der Waals surface area contributed by atoms with E-state index >= 15 is 0 Å². The predicted molar refractivity (Wildman–Crippen MR) is 51.8 cm³/mol. The van der Waals surface area contributed by atoms with Gasteiger partial charge in [0.05, 0.1) is 0 Å². The summed E-state index contributed by atoms with van der Waals surface area (Å²) in [6.07, 6.45) is 5.14. The smallest absolute Gasteiger partial charge is 0.104 e. The Morgan fingerprint density at radius 2 is 1.92 bits per heavy atom. The first-order chi connectivity index (χ1) is 5.81. The molecule has 3 heteroatoms. The average Bonchev–Trinajstić information content (AvgIpc) is 2.10. The molecule has 12 heavy (non-hydrogen) atoms. The predicted octanol–water partition coefficient (Wildman–Crippen LogP) is 0.823. The van der Waals surface area contributed by atoms with Crippen LogP contribution in [-0.2, 0) is 0 Å². The molecule has 0 aromatic heterocycles. The Hall–Kier alpha value is -0.120. The van der Waals surface area contributed by atoms with Gasteiger partial charge in [0, 0.05) is 0 Å². The van der Waals surface area contributed by atoms with Crippen molar-refractivity contribution in [1.29, 1.82) is 0 Å². The summed E-state index contributed by atoms with van der Waals surface area (Å²) >= 11 is 0. The third-order valence-electron chi connectivity index (χ3n) is 1.90. The zero-order valence-electron chi connectivity index (χ0n) is 8.05. The topological polar surface area (TPSA) is 58.3 Å². The minimum absolute atomic E-state index is 0.320. The Morgan fingerprint density at radius 1 is 1.25 bits per heavy atom. The lowest BCUT2D eigenvalue weighted by Crippen LogP contribution is -2.28. The molecule has 0 rings (SSSR count). The lowest BCUT2D eigenvalue weighted by Gasteiger charge is -2.09. The van der Waals surface area contributed by atoms with Gasteiger partial charge >= 0.3 is 0 Å². The Kier molecular flexibility index (Phi) is 8.88. The van der Waals surface area contributed by atoms with Crippen molar-refractivity contribution in [2.24, 2.45) is 5.73 Å². The molecule has 1 atom stereocenters. The van der Waals surface area contributed by atoms with Gasteiger partial charge in [-0.2, -0.15) is 0 Å². The molecule has 0 fully saturated rings. The van der Waals surface area contributed by atoms with Gasteiger partial charge in [0.2, 0.25) is 0 Å². The Balaban J connectivity index is 2.90. The number of hydrogen-bond donors (Lipinski definition) is 3. The standard InChI is InChI=1S/C9H22N2O/c1-2-9(12)11-8-6-4-3-5-7-10/h9,11-12H,2-8,10H2,1H3. The first kappa shape index (κ1) is 11.9. The van der Waals surface area contributed by atoms with Crippen LogP contribution in [-0.4, -0.2) is 24.4 Å². The van der Waals surface area contributed by atoms with Gasteiger partial charge in [-0.05, 0) is 32.4 Å². The molecular formula is C9H22N2O. The van der Waals surface area contributed by atoms with Crippen molar-refractivity contribution < 1.29 is 5.11 Å². The molecule has 0 aromatic rings. The van der Waals surface area contributed by atoms with Crippen molar-refractivity contribution in [3.05, 3.63) is 0 Å². The molecule has 3 nitrogen and oxygen atoms in total. The summed E-state index contributed by atoms with van der Waals surface area (Å²) in [6.45, 7) is 3.68. The van der Waals surface area contributed by atoms with Gasteiger partial charge in [0.1, 0.15) is 6.23 Å². The Bertz CT molecular complexity index is 88.6. The van der Waals surface area contributed by atoms with Crippen LogP contribution in [0.3, 0.4) is 0 Å². The van der Waals surface area contributed by atoms with E-state index in [-0.39, 0.29) is 6.23 Å². The quantitative estimate of drug-likeness (QED) is 0.377. The van der Waals surface area contributed by atoms with Crippen molar-refractivity contribution >= 4 is 0 Å². The highest BCUT2D eigenvalue weighted by Crippen LogP contribution is 1.97. The largest absolute Gasteiger partial charge is 0.379 e. The summed E-state index contributed by atoms with van der Waals surface area (Å²) in [5.74, 6) is 0. The lowest BCUT2D eigenvalue weighted by atomic mass is 10.2. The van der Waals surface area contributed by atoms with E-state index < -0.39 is 0 Å². The van der Waals surface area contributed by atoms with Gasteiger partial charge in [-0.1, -0.05) is 19.8 Å². The van der Waals surface area contributed by atoms with Gasteiger partial charge < -0.3 is 10.8 Å². The van der Waals surface area contributed by atoms with E-state index in [1.165, 1.54) is 12.8 Å². The summed E-state index contributed by atoms with van der Waals surface area (Å²) in [7, 11) is 0. The van der Waals surface area contributed by atoms with Crippen molar-refractivity contribution in [2.45, 2.75) is 45.3 Å². The van der Waals surface area contributed by atoms with Crippen LogP contribution in [0.2, 0.25) is 0 Å². The summed E-state index contributed by atoms with van der Waals surface area (Å²) < 4.78 is 0. The lowest BCUT2D eigenvalue weighted by molar-refractivity contribution is 0.133. The molecule has 0 amide bonds. The van der Waals surface area contributed by atoms with E-state index in [2.05, 4.69) is 5.32 Å². The molecule has 0 spiro atoms. The average molecular weight is 174 g/mol. The minimum Gasteiger partial charge on any atom is -0.379 e. The van der Waals surface area contributed by atoms with Gasteiger partial charge in [-0.15, -0.1) is 0 Å². The van der Waals surface area contributed by atoms with Crippen LogP contribution in [0.1, 0.15) is 39.0 Å². The van der Waals surface area contributed by atoms with Gasteiger partial charge in [0.25, 0.3) is 0 Å². The van der Waals surface area contributed by atoms with Crippen LogP contribution in [0.15, 0.2) is 0 Å². The maximum absolute atomic E-state index is 9.13. The second-order valence-corrected chi connectivity index (χ2v) is 3.08. The molecule has 0 aromatic carbocycles. The van der Waals surface area contributed by atoms with E-state index in [4.69, 9.17) is 10.8 Å². The summed E-state index contributed by atoms with van der Waals surface area (Å²) in [5, 5.41) is 12.2.